The zero-order valence-corrected chi connectivity index (χ0v) is 20.0. The number of allylic oxidation sites excluding steroid dienone is 2. The number of anilines is 1. The summed E-state index contributed by atoms with van der Waals surface area (Å²) in [5.41, 5.74) is 0.622. The first kappa shape index (κ1) is 25.5. The maximum Gasteiger partial charge on any atom is 0.224 e. The quantitative estimate of drug-likeness (QED) is 0.233. The van der Waals surface area contributed by atoms with Gasteiger partial charge in [-0.25, -0.2) is 0 Å². The van der Waals surface area contributed by atoms with Crippen molar-refractivity contribution in [3.05, 3.63) is 48.6 Å². The smallest absolute Gasteiger partial charge is 0.224 e. The maximum atomic E-state index is 12.1. The van der Waals surface area contributed by atoms with Crippen molar-refractivity contribution in [1.29, 1.82) is 0 Å². The Hall–Kier alpha value is -2.11. The molecule has 2 bridgehead atoms. The van der Waals surface area contributed by atoms with E-state index in [-0.39, 0.29) is 17.8 Å². The number of rotatable bonds is 14. The number of phenolic OH excluding ortho intramolecular Hbond substituents is 1. The molecule has 0 aromatic heterocycles. The highest BCUT2D eigenvalue weighted by molar-refractivity contribution is 5.90. The number of aromatic hydroxyl groups is 1. The van der Waals surface area contributed by atoms with Gasteiger partial charge in [0.2, 0.25) is 5.91 Å². The Bertz CT molecular complexity index is 790. The van der Waals surface area contributed by atoms with Crippen LogP contribution in [0.1, 0.15) is 77.6 Å². The summed E-state index contributed by atoms with van der Waals surface area (Å²) in [5.74, 6) is 0.994. The topological polar surface area (TPSA) is 78.8 Å². The molecule has 5 nitrogen and oxygen atoms in total. The summed E-state index contributed by atoms with van der Waals surface area (Å²) in [7, 11) is 0. The number of carbonyl (C=O) groups is 1. The number of aliphatic hydroxyl groups excluding tert-OH is 1. The lowest BCUT2D eigenvalue weighted by molar-refractivity contribution is -0.116. The van der Waals surface area contributed by atoms with Crippen LogP contribution in [0.5, 0.6) is 5.75 Å². The van der Waals surface area contributed by atoms with Crippen molar-refractivity contribution in [3.63, 3.8) is 0 Å². The minimum Gasteiger partial charge on any atom is -0.508 e. The number of unbranched alkanes of at least 4 members (excludes halogenated alkanes) is 4. The molecule has 3 rings (SSSR count). The molecule has 2 aliphatic heterocycles. The van der Waals surface area contributed by atoms with Crippen molar-refractivity contribution >= 4 is 11.6 Å². The molecule has 1 aromatic carbocycles. The molecule has 0 aliphatic carbocycles. The van der Waals surface area contributed by atoms with Crippen molar-refractivity contribution in [1.82, 2.24) is 0 Å². The maximum absolute atomic E-state index is 12.1. The fourth-order valence-electron chi connectivity index (χ4n) is 5.08. The number of aliphatic hydroxyl groups is 1. The third-order valence-corrected chi connectivity index (χ3v) is 6.87. The Labute approximate surface area is 198 Å². The van der Waals surface area contributed by atoms with Crippen LogP contribution in [0.4, 0.5) is 5.69 Å². The monoisotopic (exact) mass is 455 g/mol. The van der Waals surface area contributed by atoms with Gasteiger partial charge >= 0.3 is 0 Å². The van der Waals surface area contributed by atoms with Gasteiger partial charge in [0.15, 0.2) is 0 Å². The lowest BCUT2D eigenvalue weighted by Crippen LogP contribution is -2.25. The number of benzene rings is 1. The highest BCUT2D eigenvalue weighted by atomic mass is 16.5. The normalized spacial score (nSPS) is 25.3. The lowest BCUT2D eigenvalue weighted by Gasteiger charge is -2.25. The van der Waals surface area contributed by atoms with Gasteiger partial charge in [0.1, 0.15) is 5.75 Å². The minimum absolute atomic E-state index is 0.0334. The Morgan fingerprint density at radius 3 is 2.85 bits per heavy atom. The lowest BCUT2D eigenvalue weighted by atomic mass is 9.77. The zero-order chi connectivity index (χ0) is 23.5. The second-order valence-corrected chi connectivity index (χ2v) is 9.53. The molecule has 2 heterocycles. The first-order valence-corrected chi connectivity index (χ1v) is 12.8. The summed E-state index contributed by atoms with van der Waals surface area (Å²) < 4.78 is 6.18. The molecular weight excluding hydrogens is 414 g/mol. The second-order valence-electron chi connectivity index (χ2n) is 9.53. The second kappa shape index (κ2) is 13.6. The number of ether oxygens (including phenoxy) is 1. The molecule has 1 amide bonds. The van der Waals surface area contributed by atoms with Crippen molar-refractivity contribution in [3.8, 4) is 5.75 Å². The summed E-state index contributed by atoms with van der Waals surface area (Å²) in [6.07, 6.45) is 19.9. The number of nitrogens with one attached hydrogen (secondary N) is 1. The van der Waals surface area contributed by atoms with E-state index in [1.54, 1.807) is 24.3 Å². The van der Waals surface area contributed by atoms with Crippen LogP contribution in [0, 0.1) is 11.8 Å². The number of hydrogen-bond acceptors (Lipinski definition) is 4. The fourth-order valence-corrected chi connectivity index (χ4v) is 5.08. The van der Waals surface area contributed by atoms with E-state index in [9.17, 15) is 15.0 Å². The van der Waals surface area contributed by atoms with E-state index < -0.39 is 0 Å². The Kier molecular flexibility index (Phi) is 10.5. The fraction of sp³-hybridized carbons (Fsp3) is 0.607. The van der Waals surface area contributed by atoms with Gasteiger partial charge in [-0.2, -0.15) is 0 Å². The molecule has 2 aliphatic rings. The molecule has 3 N–H and O–H groups in total. The molecule has 0 radical (unpaired) electrons. The number of amides is 1. The summed E-state index contributed by atoms with van der Waals surface area (Å²) in [6.45, 7) is 2.20. The number of carbonyl (C=O) groups excluding carboxylic acids is 1. The average molecular weight is 456 g/mol. The van der Waals surface area contributed by atoms with Gasteiger partial charge < -0.3 is 20.3 Å². The summed E-state index contributed by atoms with van der Waals surface area (Å²) >= 11 is 0. The first-order valence-electron chi connectivity index (χ1n) is 12.8. The molecule has 0 saturated carbocycles. The van der Waals surface area contributed by atoms with Crippen LogP contribution in [-0.2, 0) is 9.53 Å². The van der Waals surface area contributed by atoms with E-state index in [2.05, 4.69) is 30.5 Å². The standard InChI is InChI=1S/C28H41NO4/c1-2-3-4-7-12-22(30)16-17-25-24(26-18-19-27(25)33-26)14-8-5-6-9-15-28(32)29-21-11-10-13-23(31)20-21/h5,8,10-11,13,16-17,20,22,24-27,30-31H,2-4,6-7,9,12,14-15,18-19H2,1H3,(H,29,32)/b8-5-,17-16+/t22?,24-,25+,26-,27+/m0/s1. The van der Waals surface area contributed by atoms with Crippen LogP contribution >= 0.6 is 0 Å². The predicted octanol–water partition coefficient (Wildman–Crippen LogP) is 6.13. The first-order chi connectivity index (χ1) is 16.1. The van der Waals surface area contributed by atoms with E-state index in [4.69, 9.17) is 4.74 Å². The number of hydrogen-bond donors (Lipinski definition) is 3. The van der Waals surface area contributed by atoms with Gasteiger partial charge in [0, 0.05) is 24.1 Å². The van der Waals surface area contributed by atoms with Crippen LogP contribution in [0.2, 0.25) is 0 Å². The van der Waals surface area contributed by atoms with Gasteiger partial charge in [-0.3, -0.25) is 4.79 Å². The van der Waals surface area contributed by atoms with Crippen LogP contribution < -0.4 is 5.32 Å². The number of phenols is 1. The van der Waals surface area contributed by atoms with Crippen molar-refractivity contribution in [2.45, 2.75) is 95.9 Å². The molecular formula is C28H41NO4. The van der Waals surface area contributed by atoms with E-state index in [1.165, 1.54) is 19.3 Å². The number of fused-ring (bicyclic) bond motifs is 2. The van der Waals surface area contributed by atoms with Crippen molar-refractivity contribution in [2.75, 3.05) is 5.32 Å². The summed E-state index contributed by atoms with van der Waals surface area (Å²) in [4.78, 5) is 12.1. The Morgan fingerprint density at radius 1 is 1.18 bits per heavy atom. The van der Waals surface area contributed by atoms with Gasteiger partial charge in [-0.05, 0) is 56.6 Å². The highest BCUT2D eigenvalue weighted by Gasteiger charge is 2.46. The molecule has 1 aromatic rings. The zero-order valence-electron chi connectivity index (χ0n) is 20.0. The van der Waals surface area contributed by atoms with Gasteiger partial charge in [0.25, 0.3) is 0 Å². The Morgan fingerprint density at radius 2 is 2.03 bits per heavy atom. The summed E-state index contributed by atoms with van der Waals surface area (Å²) in [6, 6.07) is 6.61. The van der Waals surface area contributed by atoms with E-state index in [0.717, 1.165) is 44.9 Å². The van der Waals surface area contributed by atoms with Crippen LogP contribution in [-0.4, -0.2) is 34.4 Å². The third-order valence-electron chi connectivity index (χ3n) is 6.87. The molecule has 33 heavy (non-hydrogen) atoms. The molecule has 1 unspecified atom stereocenters. The molecule has 182 valence electrons. The SMILES string of the molecule is CCCCCCC(O)/C=C/[C@@H]1[C@H](C/C=C\CCCC(=O)Nc2cccc(O)c2)[C@@H]2CC[C@H]1O2. The van der Waals surface area contributed by atoms with Gasteiger partial charge in [-0.15, -0.1) is 0 Å². The van der Waals surface area contributed by atoms with Crippen LogP contribution in [0.3, 0.4) is 0 Å². The van der Waals surface area contributed by atoms with Crippen molar-refractivity contribution < 1.29 is 19.7 Å². The Balaban J connectivity index is 1.36. The van der Waals surface area contributed by atoms with E-state index in [0.29, 0.717) is 36.2 Å². The largest absolute Gasteiger partial charge is 0.508 e. The van der Waals surface area contributed by atoms with Gasteiger partial charge in [0.05, 0.1) is 18.3 Å². The average Bonchev–Trinajstić information content (AvgIpc) is 3.39. The third kappa shape index (κ3) is 8.31. The minimum atomic E-state index is -0.344. The molecule has 2 fully saturated rings. The molecule has 2 saturated heterocycles. The van der Waals surface area contributed by atoms with Crippen LogP contribution in [0.25, 0.3) is 0 Å². The highest BCUT2D eigenvalue weighted by Crippen LogP contribution is 2.45. The molecule has 5 heteroatoms. The van der Waals surface area contributed by atoms with Gasteiger partial charge in [-0.1, -0.05) is 63.0 Å². The van der Waals surface area contributed by atoms with Crippen LogP contribution in [0.15, 0.2) is 48.6 Å². The molecule has 0 spiro atoms. The molecule has 5 atom stereocenters. The van der Waals surface area contributed by atoms with E-state index in [1.807, 2.05) is 6.08 Å². The summed E-state index contributed by atoms with van der Waals surface area (Å²) in [5, 5.41) is 22.6. The van der Waals surface area contributed by atoms with E-state index >= 15 is 0 Å². The van der Waals surface area contributed by atoms with Crippen molar-refractivity contribution in [2.24, 2.45) is 11.8 Å². The predicted molar refractivity (Wildman–Crippen MR) is 133 cm³/mol.